The predicted molar refractivity (Wildman–Crippen MR) is 105 cm³/mol. The van der Waals surface area contributed by atoms with E-state index in [2.05, 4.69) is 10.4 Å². The van der Waals surface area contributed by atoms with Gasteiger partial charge in [-0.25, -0.2) is 4.79 Å². The Kier molecular flexibility index (Phi) is 7.54. The zero-order valence-corrected chi connectivity index (χ0v) is 16.7. The molecule has 0 aliphatic rings. The lowest BCUT2D eigenvalue weighted by atomic mass is 10.0. The molecule has 160 valence electrons. The van der Waals surface area contributed by atoms with E-state index in [9.17, 15) is 24.3 Å². The largest absolute Gasteiger partial charge is 0.481 e. The van der Waals surface area contributed by atoms with Crippen LogP contribution in [0, 0.1) is 5.92 Å². The number of hydrogen-bond donors (Lipinski definition) is 4. The summed E-state index contributed by atoms with van der Waals surface area (Å²) in [6.07, 6.45) is -0.250. The lowest BCUT2D eigenvalue weighted by Crippen LogP contribution is -2.38. The molecule has 2 unspecified atom stereocenters. The molecule has 10 nitrogen and oxygen atoms in total. The molecule has 1 aromatic carbocycles. The van der Waals surface area contributed by atoms with Gasteiger partial charge in [-0.3, -0.25) is 19.1 Å². The second-order valence-corrected chi connectivity index (χ2v) is 7.11. The van der Waals surface area contributed by atoms with Crippen LogP contribution in [0.3, 0.4) is 0 Å². The number of carbonyl (C=O) groups is 4. The molecule has 0 aliphatic heterocycles. The van der Waals surface area contributed by atoms with Gasteiger partial charge in [0.25, 0.3) is 5.91 Å². The van der Waals surface area contributed by atoms with Gasteiger partial charge in [-0.05, 0) is 18.1 Å². The van der Waals surface area contributed by atoms with Crippen LogP contribution in [0.5, 0.6) is 0 Å². The van der Waals surface area contributed by atoms with Crippen LogP contribution in [-0.4, -0.2) is 55.0 Å². The summed E-state index contributed by atoms with van der Waals surface area (Å²) >= 11 is 6.10. The van der Waals surface area contributed by atoms with Crippen molar-refractivity contribution in [2.45, 2.75) is 32.4 Å². The average molecular weight is 438 g/mol. The van der Waals surface area contributed by atoms with Gasteiger partial charge in [0, 0.05) is 17.1 Å². The number of benzene rings is 1. The van der Waals surface area contributed by atoms with Crippen molar-refractivity contribution in [3.63, 3.8) is 0 Å². The fourth-order valence-electron chi connectivity index (χ4n) is 2.75. The first-order valence-electron chi connectivity index (χ1n) is 8.88. The third-order valence-electron chi connectivity index (χ3n) is 4.28. The summed E-state index contributed by atoms with van der Waals surface area (Å²) in [5.74, 6) is -5.37. The van der Waals surface area contributed by atoms with Crippen LogP contribution in [-0.2, 0) is 22.6 Å². The third kappa shape index (κ3) is 6.05. The van der Waals surface area contributed by atoms with E-state index in [0.29, 0.717) is 10.6 Å². The van der Waals surface area contributed by atoms with Gasteiger partial charge in [0.05, 0.1) is 18.9 Å². The molecular weight excluding hydrogens is 418 g/mol. The third-order valence-corrected chi connectivity index (χ3v) is 4.65. The number of nitrogens with one attached hydrogen (secondary N) is 1. The van der Waals surface area contributed by atoms with E-state index in [-0.39, 0.29) is 30.8 Å². The highest BCUT2D eigenvalue weighted by Crippen LogP contribution is 2.18. The summed E-state index contributed by atoms with van der Waals surface area (Å²) < 4.78 is 0.927. The maximum Gasteiger partial charge on any atom is 0.354 e. The van der Waals surface area contributed by atoms with Crippen molar-refractivity contribution in [2.24, 2.45) is 5.92 Å². The zero-order chi connectivity index (χ0) is 22.4. The summed E-state index contributed by atoms with van der Waals surface area (Å²) in [6.45, 7) is 1.13. The second-order valence-electron chi connectivity index (χ2n) is 6.71. The molecule has 11 heteroatoms. The standard InChI is InChI=1S/C19H20ClN3O7/c1-10(18(27)28)9-23-15(19(29)30)8-14(22-23)17(26)21-12(7-16(24)25)6-11-4-2-3-5-13(11)20/h2-5,8,10,12H,6-7,9H2,1H3,(H,21,26)(H,24,25)(H,27,28)(H,29,30). The van der Waals surface area contributed by atoms with Crippen LogP contribution < -0.4 is 5.32 Å². The number of carboxylic acids is 3. The average Bonchev–Trinajstić information content (AvgIpc) is 3.07. The van der Waals surface area contributed by atoms with Gasteiger partial charge >= 0.3 is 17.9 Å². The second kappa shape index (κ2) is 9.88. The molecular formula is C19H20ClN3O7. The normalized spacial score (nSPS) is 12.7. The van der Waals surface area contributed by atoms with Crippen LogP contribution >= 0.6 is 11.6 Å². The highest BCUT2D eigenvalue weighted by Gasteiger charge is 2.24. The number of carbonyl (C=O) groups excluding carboxylic acids is 1. The number of carboxylic acid groups (broad SMARTS) is 3. The number of aromatic nitrogens is 2. The monoisotopic (exact) mass is 437 g/mol. The van der Waals surface area contributed by atoms with Crippen LogP contribution in [0.2, 0.25) is 5.02 Å². The minimum atomic E-state index is -1.38. The van der Waals surface area contributed by atoms with Crippen molar-refractivity contribution < 1.29 is 34.5 Å². The smallest absolute Gasteiger partial charge is 0.354 e. The van der Waals surface area contributed by atoms with Crippen molar-refractivity contribution in [3.05, 3.63) is 52.3 Å². The Hall–Kier alpha value is -3.40. The van der Waals surface area contributed by atoms with Crippen LogP contribution in [0.15, 0.2) is 30.3 Å². The first kappa shape index (κ1) is 22.9. The van der Waals surface area contributed by atoms with Crippen molar-refractivity contribution in [2.75, 3.05) is 0 Å². The minimum absolute atomic E-state index is 0.139. The summed E-state index contributed by atoms with van der Waals surface area (Å²) in [6, 6.07) is 6.97. The Labute approximate surface area is 176 Å². The molecule has 0 bridgehead atoms. The number of rotatable bonds is 10. The van der Waals surface area contributed by atoms with Gasteiger partial charge in [0.2, 0.25) is 0 Å². The Bertz CT molecular complexity index is 973. The van der Waals surface area contributed by atoms with E-state index >= 15 is 0 Å². The van der Waals surface area contributed by atoms with E-state index in [1.165, 1.54) is 6.92 Å². The quantitative estimate of drug-likeness (QED) is 0.437. The van der Waals surface area contributed by atoms with E-state index < -0.39 is 35.8 Å². The molecule has 0 spiro atoms. The summed E-state index contributed by atoms with van der Waals surface area (Å²) in [5, 5.41) is 34.3. The lowest BCUT2D eigenvalue weighted by Gasteiger charge is -2.17. The maximum absolute atomic E-state index is 12.6. The lowest BCUT2D eigenvalue weighted by molar-refractivity contribution is -0.141. The molecule has 0 fully saturated rings. The predicted octanol–water partition coefficient (Wildman–Crippen LogP) is 1.77. The molecule has 2 rings (SSSR count). The summed E-state index contributed by atoms with van der Waals surface area (Å²) in [7, 11) is 0. The van der Waals surface area contributed by atoms with Crippen molar-refractivity contribution in [1.82, 2.24) is 15.1 Å². The molecule has 2 atom stereocenters. The Morgan fingerprint density at radius 2 is 1.83 bits per heavy atom. The van der Waals surface area contributed by atoms with Crippen LogP contribution in [0.1, 0.15) is 39.9 Å². The maximum atomic E-state index is 12.6. The highest BCUT2D eigenvalue weighted by molar-refractivity contribution is 6.31. The number of nitrogens with zero attached hydrogens (tertiary/aromatic N) is 2. The highest BCUT2D eigenvalue weighted by atomic mass is 35.5. The fraction of sp³-hybridized carbons (Fsp3) is 0.316. The molecule has 0 saturated heterocycles. The summed E-state index contributed by atoms with van der Waals surface area (Å²) in [4.78, 5) is 46.3. The number of halogens is 1. The molecule has 1 aromatic heterocycles. The van der Waals surface area contributed by atoms with Crippen molar-refractivity contribution in [1.29, 1.82) is 0 Å². The van der Waals surface area contributed by atoms with Crippen LogP contribution in [0.4, 0.5) is 0 Å². The van der Waals surface area contributed by atoms with Gasteiger partial charge in [0.15, 0.2) is 5.69 Å². The van der Waals surface area contributed by atoms with E-state index in [1.807, 2.05) is 0 Å². The number of aliphatic carboxylic acids is 2. The van der Waals surface area contributed by atoms with Crippen LogP contribution in [0.25, 0.3) is 0 Å². The molecule has 1 amide bonds. The van der Waals surface area contributed by atoms with E-state index in [4.69, 9.17) is 21.8 Å². The van der Waals surface area contributed by atoms with Gasteiger partial charge < -0.3 is 20.6 Å². The van der Waals surface area contributed by atoms with Gasteiger partial charge in [0.1, 0.15) is 5.69 Å². The van der Waals surface area contributed by atoms with Gasteiger partial charge in [-0.2, -0.15) is 5.10 Å². The van der Waals surface area contributed by atoms with Gasteiger partial charge in [-0.1, -0.05) is 36.7 Å². The molecule has 1 heterocycles. The van der Waals surface area contributed by atoms with Gasteiger partial charge in [-0.15, -0.1) is 0 Å². The summed E-state index contributed by atoms with van der Waals surface area (Å²) in [5.41, 5.74) is 0.0198. The van der Waals surface area contributed by atoms with E-state index in [1.54, 1.807) is 24.3 Å². The topological polar surface area (TPSA) is 159 Å². The number of hydrogen-bond acceptors (Lipinski definition) is 5. The Morgan fingerprint density at radius 1 is 1.17 bits per heavy atom. The van der Waals surface area contributed by atoms with Crippen molar-refractivity contribution >= 4 is 35.4 Å². The first-order chi connectivity index (χ1) is 14.1. The minimum Gasteiger partial charge on any atom is -0.481 e. The van der Waals surface area contributed by atoms with E-state index in [0.717, 1.165) is 10.7 Å². The SMILES string of the molecule is CC(Cn1nc(C(=O)NC(CC(=O)O)Cc2ccccc2Cl)cc1C(=O)O)C(=O)O. The fourth-order valence-corrected chi connectivity index (χ4v) is 2.96. The molecule has 30 heavy (non-hydrogen) atoms. The first-order valence-corrected chi connectivity index (χ1v) is 9.26. The molecule has 2 aromatic rings. The molecule has 0 saturated carbocycles. The number of aromatic carboxylic acids is 1. The number of amides is 1. The molecule has 0 aliphatic carbocycles. The molecule has 4 N–H and O–H groups in total. The van der Waals surface area contributed by atoms with Crippen molar-refractivity contribution in [3.8, 4) is 0 Å². The Morgan fingerprint density at radius 3 is 2.40 bits per heavy atom. The zero-order valence-electron chi connectivity index (χ0n) is 15.9. The molecule has 0 radical (unpaired) electrons. The Balaban J connectivity index is 2.24.